The van der Waals surface area contributed by atoms with Crippen molar-refractivity contribution in [2.45, 2.75) is 18.9 Å². The maximum absolute atomic E-state index is 10.8. The fraction of sp³-hybridized carbons (Fsp3) is 0.625. The molecule has 1 heterocycles. The molecule has 1 rings (SSSR count). The highest BCUT2D eigenvalue weighted by molar-refractivity contribution is 8.13. The summed E-state index contributed by atoms with van der Waals surface area (Å²) >= 11 is 1.25. The molecule has 1 atom stereocenters. The van der Waals surface area contributed by atoms with Gasteiger partial charge in [0.05, 0.1) is 0 Å². The minimum absolute atomic E-state index is 0.138. The van der Waals surface area contributed by atoms with E-state index >= 15 is 0 Å². The second-order valence-electron chi connectivity index (χ2n) is 2.59. The minimum Gasteiger partial charge on any atom is -0.311 e. The van der Waals surface area contributed by atoms with Crippen LogP contribution in [-0.4, -0.2) is 24.0 Å². The van der Waals surface area contributed by atoms with E-state index in [4.69, 9.17) is 0 Å². The lowest BCUT2D eigenvalue weighted by Gasteiger charge is -2.00. The zero-order chi connectivity index (χ0) is 8.10. The summed E-state index contributed by atoms with van der Waals surface area (Å²) in [6, 6.07) is 0.436. The van der Waals surface area contributed by atoms with Crippen LogP contribution >= 0.6 is 11.8 Å². The normalized spacial score (nSPS) is 24.6. The van der Waals surface area contributed by atoms with Crippen molar-refractivity contribution >= 4 is 16.9 Å². The molecule has 0 bridgehead atoms. The van der Waals surface area contributed by atoms with Gasteiger partial charge in [-0.05, 0) is 31.7 Å². The summed E-state index contributed by atoms with van der Waals surface area (Å²) in [4.78, 5) is 10.8. The van der Waals surface area contributed by atoms with Gasteiger partial charge in [-0.15, -0.1) is 0 Å². The van der Waals surface area contributed by atoms with Crippen molar-refractivity contribution in [3.8, 4) is 0 Å². The fourth-order valence-electron chi connectivity index (χ4n) is 1.14. The van der Waals surface area contributed by atoms with Crippen molar-refractivity contribution in [3.05, 3.63) is 12.2 Å². The average molecular weight is 171 g/mol. The second kappa shape index (κ2) is 4.57. The summed E-state index contributed by atoms with van der Waals surface area (Å²) in [7, 11) is 0. The molecule has 2 nitrogen and oxygen atoms in total. The average Bonchev–Trinajstić information content (AvgIpc) is 2.52. The van der Waals surface area contributed by atoms with E-state index in [1.54, 1.807) is 12.3 Å². The van der Waals surface area contributed by atoms with E-state index < -0.39 is 0 Å². The summed E-state index contributed by atoms with van der Waals surface area (Å²) < 4.78 is 0. The number of rotatable bonds is 2. The fourth-order valence-corrected chi connectivity index (χ4v) is 1.35. The number of hydrogen-bond donors (Lipinski definition) is 1. The molecule has 1 saturated heterocycles. The van der Waals surface area contributed by atoms with E-state index in [0.29, 0.717) is 6.04 Å². The molecule has 0 saturated carbocycles. The van der Waals surface area contributed by atoms with Crippen LogP contribution < -0.4 is 5.32 Å². The Hall–Kier alpha value is -0.280. The molecule has 0 aromatic carbocycles. The molecule has 62 valence electrons. The van der Waals surface area contributed by atoms with Gasteiger partial charge in [0.2, 0.25) is 5.12 Å². The first-order valence-electron chi connectivity index (χ1n) is 3.82. The van der Waals surface area contributed by atoms with Gasteiger partial charge in [-0.1, -0.05) is 17.8 Å². The molecular weight excluding hydrogens is 158 g/mol. The van der Waals surface area contributed by atoms with Gasteiger partial charge >= 0.3 is 0 Å². The van der Waals surface area contributed by atoms with Crippen molar-refractivity contribution < 1.29 is 4.79 Å². The molecule has 0 amide bonds. The van der Waals surface area contributed by atoms with E-state index in [0.717, 1.165) is 13.0 Å². The third-order valence-electron chi connectivity index (χ3n) is 1.76. The Morgan fingerprint density at radius 3 is 3.09 bits per heavy atom. The third-order valence-corrected chi connectivity index (χ3v) is 2.30. The van der Waals surface area contributed by atoms with Gasteiger partial charge in [-0.3, -0.25) is 4.79 Å². The Balaban J connectivity index is 2.27. The molecule has 0 spiro atoms. The largest absolute Gasteiger partial charge is 0.311 e. The number of hydrogen-bond acceptors (Lipinski definition) is 3. The molecule has 0 aromatic rings. The van der Waals surface area contributed by atoms with E-state index in [2.05, 4.69) is 5.32 Å². The molecule has 1 fully saturated rings. The molecule has 0 aliphatic carbocycles. The van der Waals surface area contributed by atoms with Crippen LogP contribution in [0.5, 0.6) is 0 Å². The molecular formula is C8H13NOS. The van der Waals surface area contributed by atoms with Crippen LogP contribution in [0.15, 0.2) is 12.2 Å². The molecule has 3 heteroatoms. The van der Waals surface area contributed by atoms with Crippen LogP contribution in [0.2, 0.25) is 0 Å². The zero-order valence-corrected chi connectivity index (χ0v) is 7.49. The number of carbonyl (C=O) groups is 1. The quantitative estimate of drug-likeness (QED) is 0.633. The lowest BCUT2D eigenvalue weighted by atomic mass is 10.2. The van der Waals surface area contributed by atoms with Crippen LogP contribution in [0.4, 0.5) is 0 Å². The summed E-state index contributed by atoms with van der Waals surface area (Å²) in [5.74, 6) is 0. The van der Waals surface area contributed by atoms with Crippen LogP contribution in [-0.2, 0) is 4.79 Å². The van der Waals surface area contributed by atoms with Crippen LogP contribution in [0.1, 0.15) is 12.8 Å². The molecule has 1 aliphatic rings. The van der Waals surface area contributed by atoms with Gasteiger partial charge in [-0.2, -0.15) is 0 Å². The second-order valence-corrected chi connectivity index (χ2v) is 3.40. The topological polar surface area (TPSA) is 29.1 Å². The first-order valence-corrected chi connectivity index (χ1v) is 5.05. The smallest absolute Gasteiger partial charge is 0.211 e. The first-order chi connectivity index (χ1) is 5.33. The lowest BCUT2D eigenvalue weighted by molar-refractivity contribution is -0.107. The van der Waals surface area contributed by atoms with Crippen molar-refractivity contribution in [1.82, 2.24) is 5.32 Å². The van der Waals surface area contributed by atoms with Gasteiger partial charge in [-0.25, -0.2) is 0 Å². The van der Waals surface area contributed by atoms with Gasteiger partial charge < -0.3 is 5.32 Å². The molecule has 11 heavy (non-hydrogen) atoms. The minimum atomic E-state index is 0.138. The van der Waals surface area contributed by atoms with Crippen LogP contribution in [0.3, 0.4) is 0 Å². The Bertz CT molecular complexity index is 161. The standard InChI is InChI=1S/C8H13NOS/c1-11-8(10)5-4-7-3-2-6-9-7/h4-5,7,9H,2-3,6H2,1H3/b5-4+. The molecule has 1 N–H and O–H groups in total. The predicted molar refractivity (Wildman–Crippen MR) is 48.7 cm³/mol. The van der Waals surface area contributed by atoms with Crippen LogP contribution in [0, 0.1) is 0 Å². The first kappa shape index (κ1) is 8.81. The highest BCUT2D eigenvalue weighted by Gasteiger charge is 2.09. The van der Waals surface area contributed by atoms with Crippen molar-refractivity contribution in [2.24, 2.45) is 0 Å². The third kappa shape index (κ3) is 3.08. The van der Waals surface area contributed by atoms with E-state index in [1.165, 1.54) is 18.2 Å². The number of nitrogens with one attached hydrogen (secondary N) is 1. The molecule has 1 aliphatic heterocycles. The highest BCUT2D eigenvalue weighted by atomic mass is 32.2. The molecule has 0 radical (unpaired) electrons. The predicted octanol–water partition coefficient (Wildman–Crippen LogP) is 1.18. The maximum atomic E-state index is 10.8. The molecule has 0 aromatic heterocycles. The molecule has 1 unspecified atom stereocenters. The van der Waals surface area contributed by atoms with Crippen molar-refractivity contribution in [3.63, 3.8) is 0 Å². The lowest BCUT2D eigenvalue weighted by Crippen LogP contribution is -2.18. The number of carbonyl (C=O) groups excluding carboxylic acids is 1. The van der Waals surface area contributed by atoms with Crippen molar-refractivity contribution in [1.29, 1.82) is 0 Å². The van der Waals surface area contributed by atoms with Gasteiger partial charge in [0.25, 0.3) is 0 Å². The summed E-state index contributed by atoms with van der Waals surface area (Å²) in [5, 5.41) is 3.43. The summed E-state index contributed by atoms with van der Waals surface area (Å²) in [6.45, 7) is 1.09. The van der Waals surface area contributed by atoms with Crippen molar-refractivity contribution in [2.75, 3.05) is 12.8 Å². The van der Waals surface area contributed by atoms with E-state index in [-0.39, 0.29) is 5.12 Å². The SMILES string of the molecule is CSC(=O)/C=C/C1CCCN1. The number of thioether (sulfide) groups is 1. The Morgan fingerprint density at radius 1 is 1.73 bits per heavy atom. The van der Waals surface area contributed by atoms with Crippen LogP contribution in [0.25, 0.3) is 0 Å². The zero-order valence-electron chi connectivity index (χ0n) is 6.67. The van der Waals surface area contributed by atoms with Gasteiger partial charge in [0.15, 0.2) is 0 Å². The Kier molecular flexibility index (Phi) is 3.66. The maximum Gasteiger partial charge on any atom is 0.211 e. The van der Waals surface area contributed by atoms with E-state index in [9.17, 15) is 4.79 Å². The van der Waals surface area contributed by atoms with Gasteiger partial charge in [0, 0.05) is 6.04 Å². The summed E-state index contributed by atoms with van der Waals surface area (Å²) in [5.41, 5.74) is 0. The Morgan fingerprint density at radius 2 is 2.55 bits per heavy atom. The summed E-state index contributed by atoms with van der Waals surface area (Å²) in [6.07, 6.45) is 7.81. The Labute approximate surface area is 71.4 Å². The monoisotopic (exact) mass is 171 g/mol. The van der Waals surface area contributed by atoms with Gasteiger partial charge in [0.1, 0.15) is 0 Å². The van der Waals surface area contributed by atoms with E-state index in [1.807, 2.05) is 6.08 Å². The highest BCUT2D eigenvalue weighted by Crippen LogP contribution is 2.06.